The highest BCUT2D eigenvalue weighted by atomic mass is 19.1. The second-order valence-corrected chi connectivity index (χ2v) is 6.45. The lowest BCUT2D eigenvalue weighted by molar-refractivity contribution is -0.118. The van der Waals surface area contributed by atoms with Crippen molar-refractivity contribution in [1.82, 2.24) is 5.43 Å². The summed E-state index contributed by atoms with van der Waals surface area (Å²) in [6.07, 6.45) is 1.50. The molecule has 0 atom stereocenters. The topological polar surface area (TPSA) is 79.8 Å². The monoisotopic (exact) mass is 405 g/mol. The zero-order valence-corrected chi connectivity index (χ0v) is 16.3. The van der Waals surface area contributed by atoms with Gasteiger partial charge in [0.15, 0.2) is 6.61 Å². The van der Waals surface area contributed by atoms with Crippen LogP contribution in [-0.4, -0.2) is 24.6 Å². The van der Waals surface area contributed by atoms with E-state index in [0.29, 0.717) is 11.3 Å². The van der Waals surface area contributed by atoms with Crippen molar-refractivity contribution in [2.45, 2.75) is 6.92 Å². The first-order valence-corrected chi connectivity index (χ1v) is 9.18. The van der Waals surface area contributed by atoms with E-state index in [0.717, 1.165) is 11.1 Å². The molecule has 6 nitrogen and oxygen atoms in total. The molecule has 0 aliphatic heterocycles. The first-order chi connectivity index (χ1) is 14.5. The van der Waals surface area contributed by atoms with E-state index in [-0.39, 0.29) is 18.2 Å². The van der Waals surface area contributed by atoms with E-state index in [2.05, 4.69) is 15.8 Å². The Kier molecular flexibility index (Phi) is 6.89. The van der Waals surface area contributed by atoms with Crippen molar-refractivity contribution in [3.05, 3.63) is 95.3 Å². The van der Waals surface area contributed by atoms with E-state index in [4.69, 9.17) is 4.74 Å². The Morgan fingerprint density at radius 1 is 1.00 bits per heavy atom. The summed E-state index contributed by atoms with van der Waals surface area (Å²) >= 11 is 0. The quantitative estimate of drug-likeness (QED) is 0.462. The summed E-state index contributed by atoms with van der Waals surface area (Å²) < 4.78 is 18.9. The van der Waals surface area contributed by atoms with Crippen LogP contribution >= 0.6 is 0 Å². The van der Waals surface area contributed by atoms with Crippen LogP contribution in [0, 0.1) is 12.7 Å². The minimum atomic E-state index is -0.510. The van der Waals surface area contributed by atoms with Crippen LogP contribution in [0.5, 0.6) is 5.75 Å². The lowest BCUT2D eigenvalue weighted by Crippen LogP contribution is -2.20. The molecule has 3 aromatic carbocycles. The highest BCUT2D eigenvalue weighted by molar-refractivity contribution is 5.95. The van der Waals surface area contributed by atoms with Crippen LogP contribution in [0.1, 0.15) is 21.5 Å². The Morgan fingerprint density at radius 2 is 1.70 bits per heavy atom. The molecule has 7 heteroatoms. The maximum Gasteiger partial charge on any atom is 0.271 e. The van der Waals surface area contributed by atoms with Gasteiger partial charge in [0.2, 0.25) is 0 Å². The van der Waals surface area contributed by atoms with Crippen LogP contribution in [0.4, 0.5) is 10.1 Å². The van der Waals surface area contributed by atoms with E-state index in [1.165, 1.54) is 18.3 Å². The fourth-order valence-electron chi connectivity index (χ4n) is 2.48. The molecule has 0 saturated heterocycles. The molecular formula is C23H20FN3O3. The molecule has 0 spiro atoms. The van der Waals surface area contributed by atoms with E-state index >= 15 is 0 Å². The van der Waals surface area contributed by atoms with Crippen molar-refractivity contribution in [2.75, 3.05) is 11.9 Å². The normalized spacial score (nSPS) is 10.6. The van der Waals surface area contributed by atoms with Gasteiger partial charge < -0.3 is 10.1 Å². The minimum Gasteiger partial charge on any atom is -0.484 e. The highest BCUT2D eigenvalue weighted by Crippen LogP contribution is 2.14. The smallest absolute Gasteiger partial charge is 0.271 e. The standard InChI is InChI=1S/C23H20FN3O3/c1-16-6-10-18(11-7-16)23(29)27-25-14-17-8-12-19(13-9-17)30-15-22(28)26-21-5-3-2-4-20(21)24/h2-14H,15H2,1H3,(H,26,28)(H,27,29)/b25-14+. The van der Waals surface area contributed by atoms with Crippen molar-refractivity contribution in [3.63, 3.8) is 0 Å². The molecule has 0 aromatic heterocycles. The molecule has 0 heterocycles. The Balaban J connectivity index is 1.47. The maximum atomic E-state index is 13.5. The summed E-state index contributed by atoms with van der Waals surface area (Å²) in [6.45, 7) is 1.69. The highest BCUT2D eigenvalue weighted by Gasteiger charge is 2.07. The summed E-state index contributed by atoms with van der Waals surface area (Å²) in [5, 5.41) is 6.38. The molecule has 3 aromatic rings. The van der Waals surface area contributed by atoms with Crippen LogP contribution < -0.4 is 15.5 Å². The average Bonchev–Trinajstić information content (AvgIpc) is 2.75. The Morgan fingerprint density at radius 3 is 2.40 bits per heavy atom. The molecule has 2 amide bonds. The van der Waals surface area contributed by atoms with E-state index in [9.17, 15) is 14.0 Å². The second-order valence-electron chi connectivity index (χ2n) is 6.45. The number of hydrazone groups is 1. The van der Waals surface area contributed by atoms with Gasteiger partial charge in [-0.1, -0.05) is 29.8 Å². The number of halogens is 1. The zero-order chi connectivity index (χ0) is 21.3. The molecule has 0 aliphatic rings. The van der Waals surface area contributed by atoms with Gasteiger partial charge in [0.1, 0.15) is 11.6 Å². The van der Waals surface area contributed by atoms with Crippen LogP contribution in [0.15, 0.2) is 77.9 Å². The summed E-state index contributed by atoms with van der Waals surface area (Å²) in [7, 11) is 0. The lowest BCUT2D eigenvalue weighted by atomic mass is 10.1. The number of nitrogens with one attached hydrogen (secondary N) is 2. The number of benzene rings is 3. The van der Waals surface area contributed by atoms with Crippen LogP contribution in [0.2, 0.25) is 0 Å². The number of carbonyl (C=O) groups is 2. The third-order valence-electron chi connectivity index (χ3n) is 4.09. The van der Waals surface area contributed by atoms with Gasteiger partial charge in [-0.25, -0.2) is 9.82 Å². The molecule has 0 saturated carbocycles. The Bertz CT molecular complexity index is 1050. The summed E-state index contributed by atoms with van der Waals surface area (Å²) in [5.41, 5.74) is 4.90. The van der Waals surface area contributed by atoms with Gasteiger partial charge in [0.05, 0.1) is 11.9 Å². The first kappa shape index (κ1) is 20.7. The number of ether oxygens (including phenoxy) is 1. The Labute approximate surface area is 173 Å². The molecule has 2 N–H and O–H groups in total. The maximum absolute atomic E-state index is 13.5. The third kappa shape index (κ3) is 6.00. The summed E-state index contributed by atoms with van der Waals surface area (Å²) in [4.78, 5) is 23.9. The van der Waals surface area contributed by atoms with Gasteiger partial charge in [-0.05, 0) is 61.0 Å². The molecule has 0 unspecified atom stereocenters. The number of para-hydroxylation sites is 1. The van der Waals surface area contributed by atoms with Crippen molar-refractivity contribution in [2.24, 2.45) is 5.10 Å². The van der Waals surface area contributed by atoms with Gasteiger partial charge in [-0.15, -0.1) is 0 Å². The molecule has 0 fully saturated rings. The SMILES string of the molecule is Cc1ccc(C(=O)N/N=C/c2ccc(OCC(=O)Nc3ccccc3F)cc2)cc1. The minimum absolute atomic E-state index is 0.102. The predicted molar refractivity (Wildman–Crippen MR) is 113 cm³/mol. The molecular weight excluding hydrogens is 385 g/mol. The molecule has 3 rings (SSSR count). The molecule has 152 valence electrons. The van der Waals surface area contributed by atoms with Gasteiger partial charge >= 0.3 is 0 Å². The fraction of sp³-hybridized carbons (Fsp3) is 0.0870. The van der Waals surface area contributed by atoms with E-state index < -0.39 is 11.7 Å². The summed E-state index contributed by atoms with van der Waals surface area (Å²) in [6, 6.07) is 19.9. The van der Waals surface area contributed by atoms with Crippen molar-refractivity contribution in [1.29, 1.82) is 0 Å². The number of anilines is 1. The lowest BCUT2D eigenvalue weighted by Gasteiger charge is -2.08. The van der Waals surface area contributed by atoms with Crippen molar-refractivity contribution < 1.29 is 18.7 Å². The largest absolute Gasteiger partial charge is 0.484 e. The number of aryl methyl sites for hydroxylation is 1. The van der Waals surface area contributed by atoms with Crippen molar-refractivity contribution in [3.8, 4) is 5.75 Å². The van der Waals surface area contributed by atoms with Crippen LogP contribution in [-0.2, 0) is 4.79 Å². The number of carbonyl (C=O) groups excluding carboxylic acids is 2. The number of amides is 2. The summed E-state index contributed by atoms with van der Waals surface area (Å²) in [5.74, 6) is -0.805. The molecule has 0 aliphatic carbocycles. The van der Waals surface area contributed by atoms with Crippen LogP contribution in [0.3, 0.4) is 0 Å². The third-order valence-corrected chi connectivity index (χ3v) is 4.09. The average molecular weight is 405 g/mol. The van der Waals surface area contributed by atoms with Gasteiger partial charge in [0, 0.05) is 5.56 Å². The Hall–Kier alpha value is -4.00. The number of nitrogens with zero attached hydrogens (tertiary/aromatic N) is 1. The molecule has 30 heavy (non-hydrogen) atoms. The number of hydrogen-bond acceptors (Lipinski definition) is 4. The predicted octanol–water partition coefficient (Wildman–Crippen LogP) is 3.92. The molecule has 0 radical (unpaired) electrons. The second kappa shape index (κ2) is 9.97. The van der Waals surface area contributed by atoms with Crippen molar-refractivity contribution >= 4 is 23.7 Å². The molecule has 0 bridgehead atoms. The number of rotatable bonds is 7. The first-order valence-electron chi connectivity index (χ1n) is 9.18. The number of hydrogen-bond donors (Lipinski definition) is 2. The van der Waals surface area contributed by atoms with E-state index in [1.54, 1.807) is 48.5 Å². The van der Waals surface area contributed by atoms with Gasteiger partial charge in [-0.3, -0.25) is 9.59 Å². The van der Waals surface area contributed by atoms with Crippen LogP contribution in [0.25, 0.3) is 0 Å². The van der Waals surface area contributed by atoms with Gasteiger partial charge in [-0.2, -0.15) is 5.10 Å². The van der Waals surface area contributed by atoms with E-state index in [1.807, 2.05) is 19.1 Å². The fourth-order valence-corrected chi connectivity index (χ4v) is 2.48. The van der Waals surface area contributed by atoms with Gasteiger partial charge in [0.25, 0.3) is 11.8 Å². The zero-order valence-electron chi connectivity index (χ0n) is 16.3.